The Balaban J connectivity index is 2.11. The molecule has 0 bridgehead atoms. The first-order valence-electron chi connectivity index (χ1n) is 5.43. The zero-order valence-electron chi connectivity index (χ0n) is 9.52. The van der Waals surface area contributed by atoms with Crippen molar-refractivity contribution in [1.29, 1.82) is 0 Å². The van der Waals surface area contributed by atoms with Crippen LogP contribution in [0.4, 0.5) is 0 Å². The molecule has 0 unspecified atom stereocenters. The molecule has 0 fully saturated rings. The summed E-state index contributed by atoms with van der Waals surface area (Å²) in [6.45, 7) is 5.09. The Morgan fingerprint density at radius 3 is 2.44 bits per heavy atom. The molecule has 2 nitrogen and oxygen atoms in total. The van der Waals surface area contributed by atoms with Gasteiger partial charge >= 0.3 is 0 Å². The molecule has 16 heavy (non-hydrogen) atoms. The van der Waals surface area contributed by atoms with E-state index in [9.17, 15) is 0 Å². The zero-order valence-corrected chi connectivity index (χ0v) is 10.3. The average molecular weight is 235 g/mol. The van der Waals surface area contributed by atoms with Crippen molar-refractivity contribution in [2.45, 2.75) is 26.3 Å². The van der Waals surface area contributed by atoms with E-state index in [1.54, 1.807) is 0 Å². The molecule has 0 aliphatic heterocycles. The Hall–Kier alpha value is -1.28. The predicted molar refractivity (Wildman–Crippen MR) is 66.9 cm³/mol. The molecule has 0 aliphatic rings. The lowest BCUT2D eigenvalue weighted by Crippen LogP contribution is -2.01. The summed E-state index contributed by atoms with van der Waals surface area (Å²) in [4.78, 5) is 0. The molecule has 84 valence electrons. The minimum absolute atomic E-state index is 0.478. The zero-order chi connectivity index (χ0) is 11.5. The van der Waals surface area contributed by atoms with Crippen LogP contribution < -0.4 is 0 Å². The van der Waals surface area contributed by atoms with Gasteiger partial charge in [0.25, 0.3) is 0 Å². The van der Waals surface area contributed by atoms with Gasteiger partial charge in [-0.05, 0) is 29.7 Å². The van der Waals surface area contributed by atoms with Crippen LogP contribution in [0.5, 0.6) is 0 Å². The Morgan fingerprint density at radius 1 is 1.19 bits per heavy atom. The van der Waals surface area contributed by atoms with Gasteiger partial charge in [-0.15, -0.1) is 0 Å². The second-order valence-corrected chi connectivity index (χ2v) is 4.66. The molecule has 0 radical (unpaired) electrons. The molecular formula is C13H15ClN2. The fourth-order valence-corrected chi connectivity index (χ4v) is 1.68. The van der Waals surface area contributed by atoms with E-state index < -0.39 is 0 Å². The lowest BCUT2D eigenvalue weighted by molar-refractivity contribution is 0.657. The number of rotatable bonds is 3. The van der Waals surface area contributed by atoms with E-state index in [0.717, 1.165) is 17.3 Å². The average Bonchev–Trinajstić information content (AvgIpc) is 2.70. The van der Waals surface area contributed by atoms with E-state index in [0.29, 0.717) is 5.92 Å². The first kappa shape index (κ1) is 11.2. The highest BCUT2D eigenvalue weighted by Gasteiger charge is 2.03. The summed E-state index contributed by atoms with van der Waals surface area (Å²) in [5.74, 6) is 0.478. The maximum Gasteiger partial charge on any atom is 0.0659 e. The van der Waals surface area contributed by atoms with Gasteiger partial charge in [0.15, 0.2) is 0 Å². The van der Waals surface area contributed by atoms with Gasteiger partial charge in [0.1, 0.15) is 0 Å². The fourth-order valence-electron chi connectivity index (χ4n) is 1.55. The Labute approximate surface area is 101 Å². The van der Waals surface area contributed by atoms with Gasteiger partial charge in [0.2, 0.25) is 0 Å². The monoisotopic (exact) mass is 234 g/mol. The van der Waals surface area contributed by atoms with Crippen molar-refractivity contribution in [3.05, 3.63) is 52.8 Å². The summed E-state index contributed by atoms with van der Waals surface area (Å²) in [6, 6.07) is 9.94. The van der Waals surface area contributed by atoms with E-state index >= 15 is 0 Å². The molecule has 1 aromatic carbocycles. The number of halogens is 1. The van der Waals surface area contributed by atoms with Crippen molar-refractivity contribution in [2.24, 2.45) is 0 Å². The lowest BCUT2D eigenvalue weighted by Gasteiger charge is -2.03. The SMILES string of the molecule is CC(C)c1ccn(Cc2ccc(Cl)cc2)n1. The van der Waals surface area contributed by atoms with Gasteiger partial charge in [-0.25, -0.2) is 0 Å². The summed E-state index contributed by atoms with van der Waals surface area (Å²) in [5, 5.41) is 5.28. The third kappa shape index (κ3) is 2.64. The largest absolute Gasteiger partial charge is 0.268 e. The van der Waals surface area contributed by atoms with Crippen LogP contribution in [0, 0.1) is 0 Å². The van der Waals surface area contributed by atoms with Gasteiger partial charge in [0, 0.05) is 11.2 Å². The van der Waals surface area contributed by atoms with E-state index in [1.807, 2.05) is 35.1 Å². The van der Waals surface area contributed by atoms with Crippen LogP contribution in [0.1, 0.15) is 31.0 Å². The van der Waals surface area contributed by atoms with Crippen molar-refractivity contribution in [3.63, 3.8) is 0 Å². The molecular weight excluding hydrogens is 220 g/mol. The van der Waals surface area contributed by atoms with E-state index in [-0.39, 0.29) is 0 Å². The molecule has 0 saturated carbocycles. The molecule has 0 saturated heterocycles. The third-order valence-corrected chi connectivity index (χ3v) is 2.76. The van der Waals surface area contributed by atoms with Crippen LogP contribution in [-0.2, 0) is 6.54 Å². The molecule has 1 aromatic heterocycles. The topological polar surface area (TPSA) is 17.8 Å². The number of hydrogen-bond donors (Lipinski definition) is 0. The van der Waals surface area contributed by atoms with Gasteiger partial charge in [-0.2, -0.15) is 5.10 Å². The normalized spacial score (nSPS) is 11.0. The highest BCUT2D eigenvalue weighted by molar-refractivity contribution is 6.30. The smallest absolute Gasteiger partial charge is 0.0659 e. The van der Waals surface area contributed by atoms with Crippen LogP contribution in [0.25, 0.3) is 0 Å². The Kier molecular flexibility index (Phi) is 3.30. The summed E-state index contributed by atoms with van der Waals surface area (Å²) >= 11 is 5.84. The van der Waals surface area contributed by atoms with Crippen LogP contribution >= 0.6 is 11.6 Å². The number of benzene rings is 1. The molecule has 0 amide bonds. The molecule has 2 aromatic rings. The van der Waals surface area contributed by atoms with Crippen LogP contribution in [0.3, 0.4) is 0 Å². The van der Waals surface area contributed by atoms with Crippen molar-refractivity contribution in [1.82, 2.24) is 9.78 Å². The second-order valence-electron chi connectivity index (χ2n) is 4.22. The summed E-state index contributed by atoms with van der Waals surface area (Å²) in [6.07, 6.45) is 2.02. The van der Waals surface area contributed by atoms with Gasteiger partial charge in [-0.1, -0.05) is 37.6 Å². The van der Waals surface area contributed by atoms with Crippen LogP contribution in [0.15, 0.2) is 36.5 Å². The van der Waals surface area contributed by atoms with Crippen molar-refractivity contribution in [2.75, 3.05) is 0 Å². The molecule has 0 aliphatic carbocycles. The Bertz CT molecular complexity index is 457. The number of nitrogens with zero attached hydrogens (tertiary/aromatic N) is 2. The van der Waals surface area contributed by atoms with Crippen molar-refractivity contribution >= 4 is 11.6 Å². The Morgan fingerprint density at radius 2 is 1.88 bits per heavy atom. The summed E-state index contributed by atoms with van der Waals surface area (Å²) < 4.78 is 1.96. The van der Waals surface area contributed by atoms with Crippen molar-refractivity contribution < 1.29 is 0 Å². The summed E-state index contributed by atoms with van der Waals surface area (Å²) in [7, 11) is 0. The number of aromatic nitrogens is 2. The maximum absolute atomic E-state index is 5.84. The molecule has 0 N–H and O–H groups in total. The highest BCUT2D eigenvalue weighted by Crippen LogP contribution is 2.13. The first-order chi connectivity index (χ1) is 7.65. The fraction of sp³-hybridized carbons (Fsp3) is 0.308. The van der Waals surface area contributed by atoms with Crippen LogP contribution in [0.2, 0.25) is 5.02 Å². The van der Waals surface area contributed by atoms with E-state index in [1.165, 1.54) is 5.56 Å². The molecule has 3 heteroatoms. The maximum atomic E-state index is 5.84. The minimum Gasteiger partial charge on any atom is -0.268 e. The predicted octanol–water partition coefficient (Wildman–Crippen LogP) is 3.71. The van der Waals surface area contributed by atoms with Gasteiger partial charge < -0.3 is 0 Å². The summed E-state index contributed by atoms with van der Waals surface area (Å²) in [5.41, 5.74) is 2.34. The first-order valence-corrected chi connectivity index (χ1v) is 5.81. The van der Waals surface area contributed by atoms with E-state index in [4.69, 9.17) is 11.6 Å². The van der Waals surface area contributed by atoms with Gasteiger partial charge in [-0.3, -0.25) is 4.68 Å². The van der Waals surface area contributed by atoms with Crippen molar-refractivity contribution in [3.8, 4) is 0 Å². The third-order valence-electron chi connectivity index (χ3n) is 2.51. The standard InChI is InChI=1S/C13H15ClN2/c1-10(2)13-7-8-16(15-13)9-11-3-5-12(14)6-4-11/h3-8,10H,9H2,1-2H3. The second kappa shape index (κ2) is 4.71. The minimum atomic E-state index is 0.478. The van der Waals surface area contributed by atoms with Gasteiger partial charge in [0.05, 0.1) is 12.2 Å². The van der Waals surface area contributed by atoms with Crippen LogP contribution in [-0.4, -0.2) is 9.78 Å². The molecule has 2 rings (SSSR count). The quantitative estimate of drug-likeness (QED) is 0.792. The van der Waals surface area contributed by atoms with E-state index in [2.05, 4.69) is 25.0 Å². The molecule has 0 atom stereocenters. The highest BCUT2D eigenvalue weighted by atomic mass is 35.5. The molecule has 1 heterocycles. The number of hydrogen-bond acceptors (Lipinski definition) is 1. The molecule has 0 spiro atoms. The lowest BCUT2D eigenvalue weighted by atomic mass is 10.1.